The summed E-state index contributed by atoms with van der Waals surface area (Å²) in [7, 11) is 1.68. The van der Waals surface area contributed by atoms with Gasteiger partial charge in [0.25, 0.3) is 0 Å². The lowest BCUT2D eigenvalue weighted by atomic mass is 10.1. The number of ether oxygens (including phenoxy) is 1. The minimum Gasteiger partial charge on any atom is -0.497 e. The summed E-state index contributed by atoms with van der Waals surface area (Å²) in [5, 5.41) is 3.69. The van der Waals surface area contributed by atoms with E-state index < -0.39 is 0 Å². The highest BCUT2D eigenvalue weighted by Crippen LogP contribution is 2.32. The van der Waals surface area contributed by atoms with Crippen LogP contribution in [0.4, 0.5) is 5.82 Å². The van der Waals surface area contributed by atoms with E-state index in [0.29, 0.717) is 6.04 Å². The molecule has 5 nitrogen and oxygen atoms in total. The van der Waals surface area contributed by atoms with E-state index in [4.69, 9.17) is 9.72 Å². The molecule has 4 rings (SSSR count). The molecule has 0 spiro atoms. The third-order valence-corrected chi connectivity index (χ3v) is 4.46. The molecule has 3 aromatic rings. The van der Waals surface area contributed by atoms with Gasteiger partial charge in [0.05, 0.1) is 7.11 Å². The van der Waals surface area contributed by atoms with Crippen LogP contribution in [0, 0.1) is 0 Å². The number of hydrogen-bond donors (Lipinski definition) is 1. The lowest BCUT2D eigenvalue weighted by Crippen LogP contribution is -2.16. The zero-order valence-corrected chi connectivity index (χ0v) is 13.2. The monoisotopic (exact) mass is 308 g/mol. The SMILES string of the molecule is COc1ccc(-c2nc3ncccn3c2NC2CCCC2)cc1. The Bertz CT molecular complexity index is 804. The van der Waals surface area contributed by atoms with E-state index >= 15 is 0 Å². The molecule has 2 heterocycles. The van der Waals surface area contributed by atoms with Crippen molar-refractivity contribution in [3.8, 4) is 17.0 Å². The molecule has 0 amide bonds. The minimum atomic E-state index is 0.520. The molecule has 0 unspecified atom stereocenters. The van der Waals surface area contributed by atoms with Gasteiger partial charge in [0.1, 0.15) is 17.3 Å². The summed E-state index contributed by atoms with van der Waals surface area (Å²) >= 11 is 0. The number of methoxy groups -OCH3 is 1. The van der Waals surface area contributed by atoms with E-state index in [1.165, 1.54) is 25.7 Å². The number of hydrogen-bond acceptors (Lipinski definition) is 4. The van der Waals surface area contributed by atoms with Gasteiger partial charge in [-0.1, -0.05) is 12.8 Å². The molecule has 1 fully saturated rings. The van der Waals surface area contributed by atoms with E-state index in [1.54, 1.807) is 13.3 Å². The molecule has 1 aliphatic rings. The van der Waals surface area contributed by atoms with Crippen LogP contribution in [0.25, 0.3) is 17.0 Å². The molecule has 1 N–H and O–H groups in total. The Labute approximate surface area is 135 Å². The summed E-state index contributed by atoms with van der Waals surface area (Å²) in [5.41, 5.74) is 2.01. The number of benzene rings is 1. The standard InChI is InChI=1S/C18H20N4O/c1-23-15-9-7-13(8-10-15)16-17(20-14-5-2-3-6-14)22-12-4-11-19-18(22)21-16/h4,7-12,14,20H,2-3,5-6H2,1H3. The molecule has 0 bridgehead atoms. The quantitative estimate of drug-likeness (QED) is 0.797. The van der Waals surface area contributed by atoms with Crippen LogP contribution in [0.3, 0.4) is 0 Å². The fraction of sp³-hybridized carbons (Fsp3) is 0.333. The van der Waals surface area contributed by atoms with Crippen LogP contribution in [0.1, 0.15) is 25.7 Å². The molecule has 1 aromatic carbocycles. The molecule has 1 saturated carbocycles. The maximum absolute atomic E-state index is 5.25. The smallest absolute Gasteiger partial charge is 0.235 e. The highest BCUT2D eigenvalue weighted by Gasteiger charge is 2.20. The normalized spacial score (nSPS) is 15.2. The zero-order valence-electron chi connectivity index (χ0n) is 13.2. The summed E-state index contributed by atoms with van der Waals surface area (Å²) in [5.74, 6) is 2.60. The third-order valence-electron chi connectivity index (χ3n) is 4.46. The van der Waals surface area contributed by atoms with Gasteiger partial charge in [0.2, 0.25) is 5.78 Å². The van der Waals surface area contributed by atoms with Crippen LogP contribution >= 0.6 is 0 Å². The van der Waals surface area contributed by atoms with Gasteiger partial charge in [-0.2, -0.15) is 0 Å². The first-order valence-electron chi connectivity index (χ1n) is 8.09. The van der Waals surface area contributed by atoms with Gasteiger partial charge in [-0.15, -0.1) is 0 Å². The molecule has 1 aliphatic carbocycles. The van der Waals surface area contributed by atoms with Crippen LogP contribution in [0.15, 0.2) is 42.7 Å². The van der Waals surface area contributed by atoms with Crippen molar-refractivity contribution in [1.29, 1.82) is 0 Å². The van der Waals surface area contributed by atoms with E-state index in [2.05, 4.69) is 10.3 Å². The number of fused-ring (bicyclic) bond motifs is 1. The highest BCUT2D eigenvalue weighted by molar-refractivity contribution is 5.76. The van der Waals surface area contributed by atoms with Crippen molar-refractivity contribution in [3.63, 3.8) is 0 Å². The van der Waals surface area contributed by atoms with Crippen molar-refractivity contribution >= 4 is 11.6 Å². The number of nitrogens with one attached hydrogen (secondary N) is 1. The van der Waals surface area contributed by atoms with Crippen molar-refractivity contribution in [2.75, 3.05) is 12.4 Å². The van der Waals surface area contributed by atoms with Gasteiger partial charge >= 0.3 is 0 Å². The fourth-order valence-electron chi connectivity index (χ4n) is 3.24. The first-order valence-corrected chi connectivity index (χ1v) is 8.09. The summed E-state index contributed by atoms with van der Waals surface area (Å²) < 4.78 is 7.29. The lowest BCUT2D eigenvalue weighted by molar-refractivity contribution is 0.415. The first-order chi connectivity index (χ1) is 11.3. The molecule has 2 aromatic heterocycles. The van der Waals surface area contributed by atoms with Crippen molar-refractivity contribution in [2.24, 2.45) is 0 Å². The van der Waals surface area contributed by atoms with Crippen molar-refractivity contribution in [1.82, 2.24) is 14.4 Å². The second-order valence-corrected chi connectivity index (χ2v) is 5.95. The molecule has 0 radical (unpaired) electrons. The molecular weight excluding hydrogens is 288 g/mol. The van der Waals surface area contributed by atoms with Gasteiger partial charge < -0.3 is 10.1 Å². The number of imidazole rings is 1. The summed E-state index contributed by atoms with van der Waals surface area (Å²) in [4.78, 5) is 9.11. The third kappa shape index (κ3) is 2.63. The molecule has 0 aliphatic heterocycles. The maximum Gasteiger partial charge on any atom is 0.235 e. The fourth-order valence-corrected chi connectivity index (χ4v) is 3.24. The van der Waals surface area contributed by atoms with E-state index in [9.17, 15) is 0 Å². The number of aromatic nitrogens is 3. The Morgan fingerprint density at radius 3 is 2.70 bits per heavy atom. The van der Waals surface area contributed by atoms with Crippen molar-refractivity contribution in [3.05, 3.63) is 42.7 Å². The highest BCUT2D eigenvalue weighted by atomic mass is 16.5. The largest absolute Gasteiger partial charge is 0.497 e. The van der Waals surface area contributed by atoms with E-state index in [0.717, 1.165) is 28.6 Å². The number of rotatable bonds is 4. The molecule has 118 valence electrons. The second-order valence-electron chi connectivity index (χ2n) is 5.95. The second kappa shape index (κ2) is 5.91. The number of anilines is 1. The van der Waals surface area contributed by atoms with Gasteiger partial charge in [-0.25, -0.2) is 9.97 Å². The van der Waals surface area contributed by atoms with Gasteiger partial charge in [-0.3, -0.25) is 4.40 Å². The predicted octanol–water partition coefficient (Wildman–Crippen LogP) is 3.76. The van der Waals surface area contributed by atoms with Crippen LogP contribution in [0.2, 0.25) is 0 Å². The summed E-state index contributed by atoms with van der Waals surface area (Å²) in [6.45, 7) is 0. The van der Waals surface area contributed by atoms with E-state index in [1.807, 2.05) is 40.9 Å². The molecule has 0 atom stereocenters. The Morgan fingerprint density at radius 2 is 1.96 bits per heavy atom. The topological polar surface area (TPSA) is 51.5 Å². The molecule has 0 saturated heterocycles. The van der Waals surface area contributed by atoms with Crippen LogP contribution in [0.5, 0.6) is 5.75 Å². The average Bonchev–Trinajstić information content (AvgIpc) is 3.24. The predicted molar refractivity (Wildman–Crippen MR) is 90.9 cm³/mol. The van der Waals surface area contributed by atoms with Crippen LogP contribution in [-0.2, 0) is 0 Å². The Hall–Kier alpha value is -2.56. The van der Waals surface area contributed by atoms with Crippen molar-refractivity contribution < 1.29 is 4.74 Å². The molecule has 23 heavy (non-hydrogen) atoms. The molecule has 5 heteroatoms. The summed E-state index contributed by atoms with van der Waals surface area (Å²) in [6, 6.07) is 10.5. The Balaban J connectivity index is 1.79. The minimum absolute atomic E-state index is 0.520. The molecular formula is C18H20N4O. The van der Waals surface area contributed by atoms with Crippen molar-refractivity contribution in [2.45, 2.75) is 31.7 Å². The van der Waals surface area contributed by atoms with Gasteiger partial charge in [0.15, 0.2) is 0 Å². The van der Waals surface area contributed by atoms with Gasteiger partial charge in [0, 0.05) is 24.0 Å². The van der Waals surface area contributed by atoms with Crippen LogP contribution < -0.4 is 10.1 Å². The maximum atomic E-state index is 5.25. The Morgan fingerprint density at radius 1 is 1.17 bits per heavy atom. The number of nitrogens with zero attached hydrogens (tertiary/aromatic N) is 3. The van der Waals surface area contributed by atoms with E-state index in [-0.39, 0.29) is 0 Å². The zero-order chi connectivity index (χ0) is 15.6. The first kappa shape index (κ1) is 14.1. The summed E-state index contributed by atoms with van der Waals surface area (Å²) in [6.07, 6.45) is 8.82. The Kier molecular flexibility index (Phi) is 3.61. The lowest BCUT2D eigenvalue weighted by Gasteiger charge is -2.14. The van der Waals surface area contributed by atoms with Crippen LogP contribution in [-0.4, -0.2) is 27.5 Å². The average molecular weight is 308 g/mol. The van der Waals surface area contributed by atoms with Gasteiger partial charge in [-0.05, 0) is 43.2 Å².